The maximum absolute atomic E-state index is 16.1. The van der Waals surface area contributed by atoms with Crippen molar-refractivity contribution >= 4 is 46.0 Å². The molecule has 1 aromatic carbocycles. The van der Waals surface area contributed by atoms with Gasteiger partial charge < -0.3 is 23.4 Å². The third-order valence-corrected chi connectivity index (χ3v) is 15.2. The zero-order chi connectivity index (χ0) is 37.1. The van der Waals surface area contributed by atoms with Gasteiger partial charge in [0.15, 0.2) is 8.32 Å². The van der Waals surface area contributed by atoms with Crippen molar-refractivity contribution in [2.24, 2.45) is 0 Å². The summed E-state index contributed by atoms with van der Waals surface area (Å²) in [5, 5.41) is 15.2. The Balaban J connectivity index is 1.72. The van der Waals surface area contributed by atoms with Gasteiger partial charge >= 0.3 is 21.7 Å². The van der Waals surface area contributed by atoms with E-state index < -0.39 is 59.7 Å². The summed E-state index contributed by atoms with van der Waals surface area (Å²) in [5.41, 5.74) is -6.22. The second-order valence-corrected chi connectivity index (χ2v) is 20.7. The predicted molar refractivity (Wildman–Crippen MR) is 178 cm³/mol. The van der Waals surface area contributed by atoms with E-state index in [2.05, 4.69) is 35.0 Å². The van der Waals surface area contributed by atoms with E-state index in [0.29, 0.717) is 11.8 Å². The van der Waals surface area contributed by atoms with Crippen LogP contribution in [0.1, 0.15) is 46.4 Å². The quantitative estimate of drug-likeness (QED) is 0.0776. The number of aromatic nitrogens is 3. The Morgan fingerprint density at radius 2 is 1.84 bits per heavy atom. The van der Waals surface area contributed by atoms with Crippen LogP contribution in [0.25, 0.3) is 32.6 Å². The lowest BCUT2D eigenvalue weighted by Crippen LogP contribution is -2.44. The molecule has 19 heteroatoms. The first-order valence-electron chi connectivity index (χ1n) is 15.3. The molecule has 4 aromatic rings. The minimum absolute atomic E-state index is 0.0366. The molecule has 11 nitrogen and oxygen atoms in total. The molecule has 50 heavy (non-hydrogen) atoms. The van der Waals surface area contributed by atoms with E-state index in [1.165, 1.54) is 22.2 Å². The van der Waals surface area contributed by atoms with Crippen molar-refractivity contribution in [2.45, 2.75) is 76.9 Å². The number of pyridine rings is 1. The van der Waals surface area contributed by atoms with Gasteiger partial charge in [-0.25, -0.2) is 18.6 Å². The summed E-state index contributed by atoms with van der Waals surface area (Å²) in [5.74, 6) is -3.32. The monoisotopic (exact) mass is 762 g/mol. The van der Waals surface area contributed by atoms with Gasteiger partial charge in [0, 0.05) is 24.2 Å². The first-order chi connectivity index (χ1) is 23.0. The Hall–Kier alpha value is -3.81. The molecule has 272 valence electrons. The minimum Gasteiger partial charge on any atom is -0.490 e. The third-order valence-electron chi connectivity index (χ3n) is 8.67. The molecule has 1 aliphatic rings. The lowest BCUT2D eigenvalue weighted by molar-refractivity contribution is -0.0500. The molecule has 0 unspecified atom stereocenters. The molecule has 5 rings (SSSR count). The van der Waals surface area contributed by atoms with Crippen LogP contribution < -0.4 is 8.92 Å². The van der Waals surface area contributed by atoms with Crippen molar-refractivity contribution in [2.75, 3.05) is 13.2 Å². The molecule has 1 amide bonds. The first-order valence-corrected chi connectivity index (χ1v) is 20.5. The van der Waals surface area contributed by atoms with E-state index in [1.807, 2.05) is 13.1 Å². The van der Waals surface area contributed by atoms with Gasteiger partial charge in [0.1, 0.15) is 35.4 Å². The van der Waals surface area contributed by atoms with E-state index in [0.717, 1.165) is 22.3 Å². The number of hydrogen-bond donors (Lipinski definition) is 1. The van der Waals surface area contributed by atoms with Crippen LogP contribution in [-0.2, 0) is 21.1 Å². The fraction of sp³-hybridized carbons (Fsp3) is 0.452. The van der Waals surface area contributed by atoms with Crippen LogP contribution in [0.4, 0.5) is 26.7 Å². The summed E-state index contributed by atoms with van der Waals surface area (Å²) >= 11 is 0.910. The van der Waals surface area contributed by atoms with Crippen molar-refractivity contribution in [3.8, 4) is 34.1 Å². The standard InChI is InChI=1S/C31H35F5N4O7S2Si/c1-16-13-39(29(41)42)14-19-12-22(38-40(16)19)26-25(27-20(8-9-48-27)28(37-26)46-49(43,44)31(34,35)36)24-21(33)10-18(32)11-23(24)45-15-17(2)47-50(6,7)30(3,4)5/h8-12,16-17H,13-15H2,1-7H3,(H,41,42)/t16-,17+/m0/s1. The largest absolute Gasteiger partial charge is 0.534 e. The van der Waals surface area contributed by atoms with Gasteiger partial charge in [-0.15, -0.1) is 11.3 Å². The van der Waals surface area contributed by atoms with Crippen molar-refractivity contribution in [1.82, 2.24) is 19.7 Å². The van der Waals surface area contributed by atoms with Crippen molar-refractivity contribution < 1.29 is 53.6 Å². The molecular weight excluding hydrogens is 728 g/mol. The van der Waals surface area contributed by atoms with Crippen molar-refractivity contribution in [3.63, 3.8) is 0 Å². The number of hydrogen-bond acceptors (Lipinski definition) is 9. The zero-order valence-corrected chi connectivity index (χ0v) is 30.7. The number of nitrogens with zero attached hydrogens (tertiary/aromatic N) is 4. The molecule has 0 spiro atoms. The van der Waals surface area contributed by atoms with Crippen LogP contribution in [0.3, 0.4) is 0 Å². The van der Waals surface area contributed by atoms with E-state index >= 15 is 4.39 Å². The molecule has 1 aliphatic heterocycles. The molecule has 0 fully saturated rings. The highest BCUT2D eigenvalue weighted by atomic mass is 32.2. The number of ether oxygens (including phenoxy) is 1. The highest BCUT2D eigenvalue weighted by molar-refractivity contribution is 7.88. The van der Waals surface area contributed by atoms with Gasteiger partial charge in [-0.2, -0.15) is 26.7 Å². The molecule has 3 aromatic heterocycles. The van der Waals surface area contributed by atoms with Gasteiger partial charge in [0.05, 0.1) is 40.0 Å². The first kappa shape index (κ1) is 37.4. The summed E-state index contributed by atoms with van der Waals surface area (Å²) in [6, 6.07) is 3.72. The predicted octanol–water partition coefficient (Wildman–Crippen LogP) is 8.18. The fourth-order valence-electron chi connectivity index (χ4n) is 5.31. The van der Waals surface area contributed by atoms with Gasteiger partial charge in [0.25, 0.3) is 0 Å². The summed E-state index contributed by atoms with van der Waals surface area (Å²) < 4.78 is 114. The molecule has 0 bridgehead atoms. The molecular formula is C31H35F5N4O7S2Si. The molecule has 0 saturated heterocycles. The second kappa shape index (κ2) is 13.1. The van der Waals surface area contributed by atoms with Gasteiger partial charge in [0.2, 0.25) is 5.88 Å². The normalized spacial score (nSPS) is 16.4. The van der Waals surface area contributed by atoms with Crippen LogP contribution in [0.2, 0.25) is 18.1 Å². The number of carbonyl (C=O) groups is 1. The highest BCUT2D eigenvalue weighted by Crippen LogP contribution is 2.48. The Morgan fingerprint density at radius 1 is 1.16 bits per heavy atom. The van der Waals surface area contributed by atoms with Crippen molar-refractivity contribution in [3.05, 3.63) is 47.0 Å². The lowest BCUT2D eigenvalue weighted by atomic mass is 9.98. The van der Waals surface area contributed by atoms with E-state index in [-0.39, 0.29) is 63.1 Å². The van der Waals surface area contributed by atoms with Crippen LogP contribution in [0, 0.1) is 11.6 Å². The lowest BCUT2D eigenvalue weighted by Gasteiger charge is -2.38. The summed E-state index contributed by atoms with van der Waals surface area (Å²) in [6.45, 7) is 13.5. The maximum Gasteiger partial charge on any atom is 0.534 e. The number of fused-ring (bicyclic) bond motifs is 2. The number of amides is 1. The Labute approximate surface area is 289 Å². The number of rotatable bonds is 9. The number of alkyl halides is 3. The molecule has 1 N–H and O–H groups in total. The fourth-order valence-corrected chi connectivity index (χ4v) is 8.10. The molecule has 0 radical (unpaired) electrons. The van der Waals surface area contributed by atoms with Crippen LogP contribution >= 0.6 is 11.3 Å². The average molecular weight is 763 g/mol. The summed E-state index contributed by atoms with van der Waals surface area (Å²) in [4.78, 5) is 17.1. The SMILES string of the molecule is C[C@H](COc1cc(F)cc(F)c1-c1c(-c2cc3n(n2)[C@@H](C)CN(C(=O)O)C3)nc(OS(=O)(=O)C(F)(F)F)c2ccsc12)O[Si](C)(C)C(C)(C)C. The van der Waals surface area contributed by atoms with Crippen LogP contribution in [0.5, 0.6) is 11.6 Å². The Kier molecular flexibility index (Phi) is 9.78. The Morgan fingerprint density at radius 3 is 2.46 bits per heavy atom. The van der Waals surface area contributed by atoms with Crippen LogP contribution in [-0.4, -0.2) is 72.4 Å². The minimum atomic E-state index is -6.20. The second-order valence-electron chi connectivity index (χ2n) is 13.5. The van der Waals surface area contributed by atoms with Crippen LogP contribution in [0.15, 0.2) is 29.6 Å². The molecule has 2 atom stereocenters. The zero-order valence-electron chi connectivity index (χ0n) is 28.1. The van der Waals surface area contributed by atoms with Gasteiger partial charge in [-0.1, -0.05) is 20.8 Å². The number of halogens is 5. The number of carboxylic acid groups (broad SMARTS) is 1. The number of thiophene rings is 1. The maximum atomic E-state index is 16.1. The van der Waals surface area contributed by atoms with Crippen molar-refractivity contribution in [1.29, 1.82) is 0 Å². The topological polar surface area (TPSA) is 133 Å². The molecule has 4 heterocycles. The highest BCUT2D eigenvalue weighted by Gasteiger charge is 2.49. The third kappa shape index (κ3) is 7.17. The summed E-state index contributed by atoms with van der Waals surface area (Å²) in [7, 11) is -8.48. The van der Waals surface area contributed by atoms with Gasteiger partial charge in [-0.3, -0.25) is 4.68 Å². The average Bonchev–Trinajstić information content (AvgIpc) is 3.63. The molecule has 0 saturated carbocycles. The van der Waals surface area contributed by atoms with E-state index in [9.17, 15) is 35.9 Å². The van der Waals surface area contributed by atoms with E-state index in [4.69, 9.17) is 9.16 Å². The van der Waals surface area contributed by atoms with Gasteiger partial charge in [-0.05, 0) is 49.5 Å². The smallest absolute Gasteiger partial charge is 0.490 e. The Bertz CT molecular complexity index is 2060. The van der Waals surface area contributed by atoms with E-state index in [1.54, 1.807) is 13.8 Å². The number of benzene rings is 1. The molecule has 0 aliphatic carbocycles. The summed E-state index contributed by atoms with van der Waals surface area (Å²) in [6.07, 6.45) is -1.71.